The van der Waals surface area contributed by atoms with Crippen LogP contribution in [0.15, 0.2) is 49.6 Å². The Labute approximate surface area is 219 Å². The molecule has 0 saturated carbocycles. The molecule has 0 saturated heterocycles. The summed E-state index contributed by atoms with van der Waals surface area (Å²) in [6.07, 6.45) is 1.95. The maximum Gasteiger partial charge on any atom is 0.414 e. The highest BCUT2D eigenvalue weighted by molar-refractivity contribution is 5.88. The van der Waals surface area contributed by atoms with Gasteiger partial charge in [-0.25, -0.2) is 28.8 Å². The van der Waals surface area contributed by atoms with E-state index < -0.39 is 49.0 Å². The average Bonchev–Trinajstić information content (AvgIpc) is 2.84. The fourth-order valence-electron chi connectivity index (χ4n) is 2.05. The van der Waals surface area contributed by atoms with Gasteiger partial charge in [-0.05, 0) is 26.7 Å². The van der Waals surface area contributed by atoms with Crippen molar-refractivity contribution in [1.82, 2.24) is 10.6 Å². The van der Waals surface area contributed by atoms with Crippen LogP contribution in [0.5, 0.6) is 0 Å². The van der Waals surface area contributed by atoms with Crippen molar-refractivity contribution in [2.75, 3.05) is 13.1 Å². The number of alkyl carbamates (subject to hydrolysis) is 2. The molecule has 0 fully saturated rings. The number of carbonyl (C=O) groups excluding carboxylic acids is 6. The number of amides is 2. The summed E-state index contributed by atoms with van der Waals surface area (Å²) in [4.78, 5) is 69.5. The lowest BCUT2D eigenvalue weighted by Gasteiger charge is -2.17. The predicted molar refractivity (Wildman–Crippen MR) is 129 cm³/mol. The van der Waals surface area contributed by atoms with Crippen LogP contribution < -0.4 is 10.6 Å². The van der Waals surface area contributed by atoms with E-state index in [4.69, 9.17) is 18.9 Å². The Hall–Kier alpha value is -4.62. The van der Waals surface area contributed by atoms with Crippen molar-refractivity contribution in [3.63, 3.8) is 0 Å². The van der Waals surface area contributed by atoms with Gasteiger partial charge in [0.25, 0.3) is 0 Å². The van der Waals surface area contributed by atoms with Crippen LogP contribution in [0.4, 0.5) is 9.59 Å². The smallest absolute Gasteiger partial charge is 0.387 e. The van der Waals surface area contributed by atoms with Gasteiger partial charge in [-0.2, -0.15) is 0 Å². The highest BCUT2D eigenvalue weighted by atomic mass is 16.9. The van der Waals surface area contributed by atoms with Crippen LogP contribution in [-0.2, 0) is 47.6 Å². The zero-order valence-corrected chi connectivity index (χ0v) is 21.3. The van der Waals surface area contributed by atoms with Gasteiger partial charge < -0.3 is 39.1 Å². The summed E-state index contributed by atoms with van der Waals surface area (Å²) in [5, 5.41) is 4.81. The summed E-state index contributed by atoms with van der Waals surface area (Å²) >= 11 is 0. The van der Waals surface area contributed by atoms with E-state index in [1.807, 2.05) is 0 Å². The third-order valence-electron chi connectivity index (χ3n) is 3.91. The van der Waals surface area contributed by atoms with Gasteiger partial charge in [-0.1, -0.05) is 39.2 Å². The minimum atomic E-state index is -1.92. The molecule has 2 unspecified atom stereocenters. The first-order valence-corrected chi connectivity index (χ1v) is 11.2. The van der Waals surface area contributed by atoms with Gasteiger partial charge in [-0.3, -0.25) is 0 Å². The Morgan fingerprint density at radius 1 is 0.605 bits per heavy atom. The first kappa shape index (κ1) is 33.4. The number of unbranched alkanes of at least 4 members (excludes halogenated alkanes) is 3. The molecule has 0 radical (unpaired) electrons. The molecular formula is C24H32N2O12. The molecule has 0 heterocycles. The quantitative estimate of drug-likeness (QED) is 0.119. The van der Waals surface area contributed by atoms with Gasteiger partial charge in [0.2, 0.25) is 0 Å². The Balaban J connectivity index is 4.27. The molecule has 2 amide bonds. The van der Waals surface area contributed by atoms with Crippen molar-refractivity contribution < 1.29 is 57.2 Å². The van der Waals surface area contributed by atoms with E-state index in [9.17, 15) is 28.8 Å². The Morgan fingerprint density at radius 3 is 1.24 bits per heavy atom. The van der Waals surface area contributed by atoms with Gasteiger partial charge in [0.15, 0.2) is 0 Å². The lowest BCUT2D eigenvalue weighted by atomic mass is 10.2. The summed E-state index contributed by atoms with van der Waals surface area (Å²) in [5.41, 5.74) is -0.00265. The normalized spacial score (nSPS) is 11.3. The molecule has 2 atom stereocenters. The zero-order chi connectivity index (χ0) is 29.1. The largest absolute Gasteiger partial charge is 0.414 e. The molecule has 0 aromatic rings. The minimum absolute atomic E-state index is 0.00132. The second-order valence-electron chi connectivity index (χ2n) is 7.31. The van der Waals surface area contributed by atoms with Crippen molar-refractivity contribution in [2.45, 2.75) is 52.5 Å². The van der Waals surface area contributed by atoms with Crippen LogP contribution in [0.3, 0.4) is 0 Å². The molecule has 0 aliphatic carbocycles. The summed E-state index contributed by atoms with van der Waals surface area (Å²) in [5.74, 6) is -3.82. The van der Waals surface area contributed by atoms with E-state index >= 15 is 0 Å². The third-order valence-corrected chi connectivity index (χ3v) is 3.91. The summed E-state index contributed by atoms with van der Waals surface area (Å²) < 4.78 is 28.2. The highest BCUT2D eigenvalue weighted by Crippen LogP contribution is 2.06. The lowest BCUT2D eigenvalue weighted by Crippen LogP contribution is -2.35. The molecule has 14 nitrogen and oxygen atoms in total. The molecule has 0 aromatic carbocycles. The lowest BCUT2D eigenvalue weighted by molar-refractivity contribution is -0.241. The predicted octanol–water partition coefficient (Wildman–Crippen LogP) is 2.26. The number of hydrogen-bond acceptors (Lipinski definition) is 12. The molecule has 0 rings (SSSR count). The molecule has 0 spiro atoms. The SMILES string of the molecule is C=CC(=O)OC(OC(=O)NCCCCCCNC(=O)OC(OC(=O)C=C)OC(=O)C(=C)C)OC(=O)C(=C)C. The topological polar surface area (TPSA) is 182 Å². The van der Waals surface area contributed by atoms with Gasteiger partial charge in [0.1, 0.15) is 0 Å². The molecule has 38 heavy (non-hydrogen) atoms. The summed E-state index contributed by atoms with van der Waals surface area (Å²) in [6, 6.07) is 0. The maximum atomic E-state index is 11.9. The van der Waals surface area contributed by atoms with Gasteiger partial charge in [0.05, 0.1) is 0 Å². The van der Waals surface area contributed by atoms with E-state index in [-0.39, 0.29) is 24.2 Å². The van der Waals surface area contributed by atoms with Gasteiger partial charge in [-0.15, -0.1) is 0 Å². The van der Waals surface area contributed by atoms with Crippen LogP contribution in [0.2, 0.25) is 0 Å². The zero-order valence-electron chi connectivity index (χ0n) is 21.3. The Bertz CT molecular complexity index is 853. The molecule has 14 heteroatoms. The minimum Gasteiger partial charge on any atom is -0.387 e. The van der Waals surface area contributed by atoms with Gasteiger partial charge >= 0.3 is 49.0 Å². The Kier molecular flexibility index (Phi) is 16.4. The van der Waals surface area contributed by atoms with Crippen LogP contribution in [0.1, 0.15) is 39.5 Å². The highest BCUT2D eigenvalue weighted by Gasteiger charge is 2.24. The molecule has 0 aliphatic rings. The number of nitrogens with one attached hydrogen (secondary N) is 2. The molecule has 2 N–H and O–H groups in total. The first-order valence-electron chi connectivity index (χ1n) is 11.2. The average molecular weight is 541 g/mol. The third kappa shape index (κ3) is 16.1. The van der Waals surface area contributed by atoms with Crippen molar-refractivity contribution in [3.8, 4) is 0 Å². The van der Waals surface area contributed by atoms with Gasteiger partial charge in [0, 0.05) is 36.4 Å². The number of hydrogen-bond donors (Lipinski definition) is 2. The molecule has 210 valence electrons. The van der Waals surface area contributed by atoms with Crippen molar-refractivity contribution in [2.24, 2.45) is 0 Å². The number of ether oxygens (including phenoxy) is 6. The van der Waals surface area contributed by atoms with Crippen LogP contribution in [-0.4, -0.2) is 62.1 Å². The molecular weight excluding hydrogens is 508 g/mol. The summed E-state index contributed by atoms with van der Waals surface area (Å²) in [7, 11) is 0. The fourth-order valence-corrected chi connectivity index (χ4v) is 2.05. The molecule has 0 aliphatic heterocycles. The van der Waals surface area contributed by atoms with Crippen LogP contribution >= 0.6 is 0 Å². The van der Waals surface area contributed by atoms with E-state index in [0.717, 1.165) is 12.2 Å². The second kappa shape index (κ2) is 18.6. The maximum absolute atomic E-state index is 11.9. The molecule has 0 bridgehead atoms. The number of carbonyl (C=O) groups is 6. The first-order chi connectivity index (χ1) is 17.9. The standard InChI is InChI=1S/C24H32N2O12/c1-7-17(27)33-23(35-19(29)15(3)4)37-21(31)25-13-11-9-10-12-14-26-22(32)38-24(34-18(28)8-2)36-20(30)16(5)6/h7-8,23-24H,1-3,5,9-14H2,4,6H3,(H,25,31)(H,26,32). The van der Waals surface area contributed by atoms with Crippen molar-refractivity contribution in [1.29, 1.82) is 0 Å². The fraction of sp³-hybridized carbons (Fsp3) is 0.417. The van der Waals surface area contributed by atoms with E-state index in [1.54, 1.807) is 0 Å². The Morgan fingerprint density at radius 2 is 0.947 bits per heavy atom. The van der Waals surface area contributed by atoms with E-state index in [0.29, 0.717) is 25.7 Å². The van der Waals surface area contributed by atoms with E-state index in [2.05, 4.69) is 46.4 Å². The van der Waals surface area contributed by atoms with Crippen LogP contribution in [0, 0.1) is 0 Å². The number of rotatable bonds is 17. The van der Waals surface area contributed by atoms with Crippen LogP contribution in [0.25, 0.3) is 0 Å². The second-order valence-corrected chi connectivity index (χ2v) is 7.31. The molecule has 0 aromatic heterocycles. The monoisotopic (exact) mass is 540 g/mol. The van der Waals surface area contributed by atoms with Crippen molar-refractivity contribution in [3.05, 3.63) is 49.6 Å². The number of esters is 4. The summed E-state index contributed by atoms with van der Waals surface area (Å²) in [6.45, 7) is 12.4. The van der Waals surface area contributed by atoms with Crippen molar-refractivity contribution >= 4 is 36.1 Å². The van der Waals surface area contributed by atoms with E-state index in [1.165, 1.54) is 13.8 Å².